The fraction of sp³-hybridized carbons (Fsp3) is 0.429. The summed E-state index contributed by atoms with van der Waals surface area (Å²) in [5.74, 6) is -0.688. The standard InChI is InChI=1S/C21H26N2O3/c1-15-13-19(16(2)23(15)18-10-11-18)21(25)26-14-20(24)22-12-6-9-17-7-4-3-5-8-17/h3-5,7-8,13,18H,6,9-12,14H2,1-2H3,(H,22,24). The molecule has 0 bridgehead atoms. The number of hydrogen-bond acceptors (Lipinski definition) is 3. The van der Waals surface area contributed by atoms with E-state index in [0.717, 1.165) is 37.1 Å². The van der Waals surface area contributed by atoms with Gasteiger partial charge in [-0.1, -0.05) is 30.3 Å². The largest absolute Gasteiger partial charge is 0.452 e. The van der Waals surface area contributed by atoms with Gasteiger partial charge in [0.15, 0.2) is 6.61 Å². The summed E-state index contributed by atoms with van der Waals surface area (Å²) in [6, 6.07) is 12.5. The van der Waals surface area contributed by atoms with Gasteiger partial charge < -0.3 is 14.6 Å². The number of amides is 1. The van der Waals surface area contributed by atoms with E-state index in [4.69, 9.17) is 4.74 Å². The minimum atomic E-state index is -0.426. The van der Waals surface area contributed by atoms with Crippen molar-refractivity contribution in [3.63, 3.8) is 0 Å². The van der Waals surface area contributed by atoms with Crippen LogP contribution in [0.15, 0.2) is 36.4 Å². The van der Waals surface area contributed by atoms with Crippen LogP contribution in [0.2, 0.25) is 0 Å². The number of aryl methyl sites for hydroxylation is 2. The van der Waals surface area contributed by atoms with Crippen molar-refractivity contribution in [3.05, 3.63) is 58.9 Å². The minimum absolute atomic E-state index is 0.239. The zero-order valence-electron chi connectivity index (χ0n) is 15.5. The highest BCUT2D eigenvalue weighted by Gasteiger charge is 2.28. The molecule has 1 aliphatic carbocycles. The molecule has 0 saturated heterocycles. The molecular weight excluding hydrogens is 328 g/mol. The Morgan fingerprint density at radius 2 is 1.92 bits per heavy atom. The summed E-state index contributed by atoms with van der Waals surface area (Å²) in [4.78, 5) is 24.1. The molecule has 3 rings (SSSR count). The molecule has 0 aliphatic heterocycles. The van der Waals surface area contributed by atoms with Crippen LogP contribution in [0.4, 0.5) is 0 Å². The third-order valence-electron chi connectivity index (χ3n) is 4.76. The van der Waals surface area contributed by atoms with E-state index in [1.165, 1.54) is 5.56 Å². The van der Waals surface area contributed by atoms with Crippen LogP contribution in [0.5, 0.6) is 0 Å². The first-order chi connectivity index (χ1) is 12.6. The smallest absolute Gasteiger partial charge is 0.340 e. The second-order valence-corrected chi connectivity index (χ2v) is 6.90. The Hall–Kier alpha value is -2.56. The fourth-order valence-electron chi connectivity index (χ4n) is 3.30. The number of ether oxygens (including phenoxy) is 1. The van der Waals surface area contributed by atoms with Crippen LogP contribution < -0.4 is 5.32 Å². The second-order valence-electron chi connectivity index (χ2n) is 6.90. The lowest BCUT2D eigenvalue weighted by atomic mass is 10.1. The predicted octanol–water partition coefficient (Wildman–Crippen LogP) is 3.35. The summed E-state index contributed by atoms with van der Waals surface area (Å²) in [6.45, 7) is 4.27. The Balaban J connectivity index is 1.40. The third kappa shape index (κ3) is 4.54. The van der Waals surface area contributed by atoms with Crippen LogP contribution in [0.1, 0.15) is 52.6 Å². The van der Waals surface area contributed by atoms with E-state index in [2.05, 4.69) is 22.0 Å². The molecule has 0 unspecified atom stereocenters. The van der Waals surface area contributed by atoms with Gasteiger partial charge in [-0.05, 0) is 51.2 Å². The van der Waals surface area contributed by atoms with Gasteiger partial charge in [0, 0.05) is 24.0 Å². The highest BCUT2D eigenvalue weighted by molar-refractivity contribution is 5.92. The van der Waals surface area contributed by atoms with Crippen molar-refractivity contribution >= 4 is 11.9 Å². The van der Waals surface area contributed by atoms with E-state index in [-0.39, 0.29) is 12.5 Å². The Kier molecular flexibility index (Phi) is 5.76. The zero-order valence-corrected chi connectivity index (χ0v) is 15.5. The van der Waals surface area contributed by atoms with E-state index in [1.54, 1.807) is 0 Å². The lowest BCUT2D eigenvalue weighted by Gasteiger charge is -2.08. The monoisotopic (exact) mass is 354 g/mol. The van der Waals surface area contributed by atoms with Gasteiger partial charge in [-0.3, -0.25) is 4.79 Å². The normalized spacial score (nSPS) is 13.5. The first-order valence-electron chi connectivity index (χ1n) is 9.22. The van der Waals surface area contributed by atoms with Crippen molar-refractivity contribution in [1.82, 2.24) is 9.88 Å². The third-order valence-corrected chi connectivity index (χ3v) is 4.76. The highest BCUT2D eigenvalue weighted by Crippen LogP contribution is 2.38. The quantitative estimate of drug-likeness (QED) is 0.584. The lowest BCUT2D eigenvalue weighted by molar-refractivity contribution is -0.124. The van der Waals surface area contributed by atoms with E-state index in [0.29, 0.717) is 18.2 Å². The molecule has 1 heterocycles. The number of esters is 1. The fourth-order valence-corrected chi connectivity index (χ4v) is 3.30. The van der Waals surface area contributed by atoms with Crippen molar-refractivity contribution in [1.29, 1.82) is 0 Å². The predicted molar refractivity (Wildman–Crippen MR) is 100 cm³/mol. The molecule has 5 nitrogen and oxygen atoms in total. The number of hydrogen-bond donors (Lipinski definition) is 1. The van der Waals surface area contributed by atoms with Crippen LogP contribution in [0, 0.1) is 13.8 Å². The van der Waals surface area contributed by atoms with Gasteiger partial charge in [0.1, 0.15) is 0 Å². The first-order valence-corrected chi connectivity index (χ1v) is 9.22. The second kappa shape index (κ2) is 8.21. The van der Waals surface area contributed by atoms with E-state index in [9.17, 15) is 9.59 Å². The lowest BCUT2D eigenvalue weighted by Crippen LogP contribution is -2.29. The molecule has 1 aromatic carbocycles. The molecule has 2 aromatic rings. The molecule has 0 atom stereocenters. The molecule has 26 heavy (non-hydrogen) atoms. The zero-order chi connectivity index (χ0) is 18.5. The summed E-state index contributed by atoms with van der Waals surface area (Å²) >= 11 is 0. The molecule has 1 aromatic heterocycles. The first kappa shape index (κ1) is 18.2. The summed E-state index contributed by atoms with van der Waals surface area (Å²) < 4.78 is 7.38. The van der Waals surface area contributed by atoms with Gasteiger partial charge in [-0.2, -0.15) is 0 Å². The molecule has 1 fully saturated rings. The van der Waals surface area contributed by atoms with Gasteiger partial charge in [0.2, 0.25) is 0 Å². The number of carbonyl (C=O) groups excluding carboxylic acids is 2. The molecule has 5 heteroatoms. The van der Waals surface area contributed by atoms with Crippen molar-refractivity contribution in [2.24, 2.45) is 0 Å². The number of aromatic nitrogens is 1. The maximum atomic E-state index is 12.3. The van der Waals surface area contributed by atoms with Crippen molar-refractivity contribution in [3.8, 4) is 0 Å². The topological polar surface area (TPSA) is 60.3 Å². The average Bonchev–Trinajstić information content (AvgIpc) is 3.42. The summed E-state index contributed by atoms with van der Waals surface area (Å²) in [6.07, 6.45) is 4.09. The maximum Gasteiger partial charge on any atom is 0.340 e. The van der Waals surface area contributed by atoms with Crippen molar-refractivity contribution in [2.75, 3.05) is 13.2 Å². The average molecular weight is 354 g/mol. The Labute approximate surface area is 154 Å². The maximum absolute atomic E-state index is 12.3. The molecule has 1 saturated carbocycles. The van der Waals surface area contributed by atoms with Crippen molar-refractivity contribution in [2.45, 2.75) is 45.6 Å². The van der Waals surface area contributed by atoms with E-state index >= 15 is 0 Å². The Bertz CT molecular complexity index is 776. The molecule has 0 spiro atoms. The summed E-state index contributed by atoms with van der Waals surface area (Å²) in [5, 5.41) is 2.80. The van der Waals surface area contributed by atoms with Gasteiger partial charge in [-0.25, -0.2) is 4.79 Å². The van der Waals surface area contributed by atoms with Gasteiger partial charge in [0.25, 0.3) is 5.91 Å². The highest BCUT2D eigenvalue weighted by atomic mass is 16.5. The number of rotatable bonds is 8. The van der Waals surface area contributed by atoms with Crippen LogP contribution >= 0.6 is 0 Å². The van der Waals surface area contributed by atoms with Crippen molar-refractivity contribution < 1.29 is 14.3 Å². The minimum Gasteiger partial charge on any atom is -0.452 e. The molecular formula is C21H26N2O3. The van der Waals surface area contributed by atoms with Crippen LogP contribution in [-0.4, -0.2) is 29.6 Å². The van der Waals surface area contributed by atoms with Gasteiger partial charge >= 0.3 is 5.97 Å². The SMILES string of the molecule is Cc1cc(C(=O)OCC(=O)NCCCc2ccccc2)c(C)n1C1CC1. The molecule has 1 amide bonds. The van der Waals surface area contributed by atoms with Gasteiger partial charge in [-0.15, -0.1) is 0 Å². The molecule has 1 aliphatic rings. The van der Waals surface area contributed by atoms with E-state index in [1.807, 2.05) is 38.1 Å². The Morgan fingerprint density at radius 1 is 1.19 bits per heavy atom. The van der Waals surface area contributed by atoms with Crippen LogP contribution in [0.3, 0.4) is 0 Å². The molecule has 0 radical (unpaired) electrons. The summed E-state index contributed by atoms with van der Waals surface area (Å²) in [7, 11) is 0. The summed E-state index contributed by atoms with van der Waals surface area (Å²) in [5.41, 5.74) is 3.81. The number of carbonyl (C=O) groups is 2. The number of benzene rings is 1. The Morgan fingerprint density at radius 3 is 2.62 bits per heavy atom. The molecule has 138 valence electrons. The molecule has 1 N–H and O–H groups in total. The van der Waals surface area contributed by atoms with Crippen LogP contribution in [-0.2, 0) is 16.0 Å². The van der Waals surface area contributed by atoms with Crippen LogP contribution in [0.25, 0.3) is 0 Å². The number of nitrogens with zero attached hydrogens (tertiary/aromatic N) is 1. The van der Waals surface area contributed by atoms with Gasteiger partial charge in [0.05, 0.1) is 5.56 Å². The number of nitrogens with one attached hydrogen (secondary N) is 1. The van der Waals surface area contributed by atoms with E-state index < -0.39 is 5.97 Å².